The standard InChI is InChI=1S/C18H19N3O2/c1-5-21-16(9-13(4)20-21)18(23)15(10-19)17(22)14-7-6-11(2)8-12(14)3/h6-9,15H,5H2,1-4H3. The molecular weight excluding hydrogens is 290 g/mol. The fourth-order valence-electron chi connectivity index (χ4n) is 2.61. The molecule has 118 valence electrons. The highest BCUT2D eigenvalue weighted by atomic mass is 16.2. The summed E-state index contributed by atoms with van der Waals surface area (Å²) in [6.45, 7) is 7.87. The van der Waals surface area contributed by atoms with Crippen LogP contribution >= 0.6 is 0 Å². The molecule has 0 aliphatic carbocycles. The number of nitriles is 1. The highest BCUT2D eigenvalue weighted by Crippen LogP contribution is 2.19. The predicted octanol–water partition coefficient (Wildman–Crippen LogP) is 3.03. The Bertz CT molecular complexity index is 812. The van der Waals surface area contributed by atoms with Gasteiger partial charge < -0.3 is 0 Å². The number of Topliss-reactive ketones (excluding diaryl/α,β-unsaturated/α-hetero) is 2. The number of nitrogens with zero attached hydrogens (tertiary/aromatic N) is 3. The molecule has 0 spiro atoms. The number of carbonyl (C=O) groups is 2. The predicted molar refractivity (Wildman–Crippen MR) is 86.3 cm³/mol. The highest BCUT2D eigenvalue weighted by molar-refractivity contribution is 6.17. The molecule has 2 rings (SSSR count). The van der Waals surface area contributed by atoms with Crippen molar-refractivity contribution >= 4 is 11.6 Å². The minimum Gasteiger partial charge on any atom is -0.292 e. The van der Waals surface area contributed by atoms with Gasteiger partial charge in [-0.1, -0.05) is 23.8 Å². The molecule has 0 aliphatic heterocycles. The van der Waals surface area contributed by atoms with Gasteiger partial charge in [0.05, 0.1) is 11.8 Å². The van der Waals surface area contributed by atoms with E-state index >= 15 is 0 Å². The molecule has 1 atom stereocenters. The van der Waals surface area contributed by atoms with Gasteiger partial charge in [-0.3, -0.25) is 14.3 Å². The second-order valence-electron chi connectivity index (χ2n) is 5.60. The van der Waals surface area contributed by atoms with Crippen LogP contribution in [0.15, 0.2) is 24.3 Å². The number of hydrogen-bond donors (Lipinski definition) is 0. The van der Waals surface area contributed by atoms with Gasteiger partial charge in [0.2, 0.25) is 5.78 Å². The van der Waals surface area contributed by atoms with Crippen molar-refractivity contribution in [2.24, 2.45) is 5.92 Å². The maximum Gasteiger partial charge on any atom is 0.205 e. The van der Waals surface area contributed by atoms with Crippen LogP contribution in [0.5, 0.6) is 0 Å². The lowest BCUT2D eigenvalue weighted by atomic mass is 9.90. The van der Waals surface area contributed by atoms with Crippen LogP contribution in [0.1, 0.15) is 44.6 Å². The molecule has 1 heterocycles. The maximum absolute atomic E-state index is 12.7. The molecule has 1 unspecified atom stereocenters. The van der Waals surface area contributed by atoms with E-state index in [1.807, 2.05) is 26.0 Å². The van der Waals surface area contributed by atoms with E-state index in [-0.39, 0.29) is 0 Å². The van der Waals surface area contributed by atoms with E-state index < -0.39 is 17.5 Å². The van der Waals surface area contributed by atoms with Crippen LogP contribution in [0, 0.1) is 38.0 Å². The highest BCUT2D eigenvalue weighted by Gasteiger charge is 2.31. The lowest BCUT2D eigenvalue weighted by Crippen LogP contribution is -2.26. The molecule has 23 heavy (non-hydrogen) atoms. The molecule has 5 heteroatoms. The number of aromatic nitrogens is 2. The fourth-order valence-corrected chi connectivity index (χ4v) is 2.61. The monoisotopic (exact) mass is 309 g/mol. The first kappa shape index (κ1) is 16.6. The summed E-state index contributed by atoms with van der Waals surface area (Å²) in [7, 11) is 0. The van der Waals surface area contributed by atoms with Gasteiger partial charge in [-0.05, 0) is 39.3 Å². The molecule has 1 aromatic carbocycles. The summed E-state index contributed by atoms with van der Waals surface area (Å²) in [6, 6.07) is 8.82. The first-order valence-corrected chi connectivity index (χ1v) is 7.48. The van der Waals surface area contributed by atoms with Crippen molar-refractivity contribution in [3.05, 3.63) is 52.3 Å². The van der Waals surface area contributed by atoms with E-state index in [1.54, 1.807) is 32.0 Å². The zero-order chi connectivity index (χ0) is 17.1. The minimum atomic E-state index is -1.35. The first-order valence-electron chi connectivity index (χ1n) is 7.48. The van der Waals surface area contributed by atoms with Gasteiger partial charge in [0.15, 0.2) is 11.7 Å². The Morgan fingerprint density at radius 3 is 2.48 bits per heavy atom. The van der Waals surface area contributed by atoms with Crippen molar-refractivity contribution < 1.29 is 9.59 Å². The van der Waals surface area contributed by atoms with Crippen LogP contribution in [-0.2, 0) is 6.54 Å². The van der Waals surface area contributed by atoms with Crippen LogP contribution in [0.3, 0.4) is 0 Å². The molecule has 1 aromatic heterocycles. The van der Waals surface area contributed by atoms with Gasteiger partial charge >= 0.3 is 0 Å². The largest absolute Gasteiger partial charge is 0.292 e. The van der Waals surface area contributed by atoms with Crippen molar-refractivity contribution in [1.29, 1.82) is 5.26 Å². The van der Waals surface area contributed by atoms with E-state index in [9.17, 15) is 14.9 Å². The van der Waals surface area contributed by atoms with Gasteiger partial charge in [-0.2, -0.15) is 10.4 Å². The summed E-state index contributed by atoms with van der Waals surface area (Å²) < 4.78 is 1.53. The quantitative estimate of drug-likeness (QED) is 0.628. The molecule has 0 amide bonds. The Hall–Kier alpha value is -2.74. The average molecular weight is 309 g/mol. The number of hydrogen-bond acceptors (Lipinski definition) is 4. The fraction of sp³-hybridized carbons (Fsp3) is 0.333. The third kappa shape index (κ3) is 3.21. The molecule has 0 bridgehead atoms. The number of ketones is 2. The summed E-state index contributed by atoms with van der Waals surface area (Å²) in [5.41, 5.74) is 3.19. The molecule has 0 radical (unpaired) electrons. The van der Waals surface area contributed by atoms with Crippen molar-refractivity contribution in [1.82, 2.24) is 9.78 Å². The lowest BCUT2D eigenvalue weighted by Gasteiger charge is -2.11. The van der Waals surface area contributed by atoms with Crippen molar-refractivity contribution in [3.8, 4) is 6.07 Å². The second kappa shape index (κ2) is 6.57. The molecular formula is C18H19N3O2. The van der Waals surface area contributed by atoms with Crippen LogP contribution < -0.4 is 0 Å². The molecule has 2 aromatic rings. The smallest absolute Gasteiger partial charge is 0.205 e. The van der Waals surface area contributed by atoms with Crippen molar-refractivity contribution in [2.45, 2.75) is 34.2 Å². The first-order chi connectivity index (χ1) is 10.9. The zero-order valence-corrected chi connectivity index (χ0v) is 13.8. The summed E-state index contributed by atoms with van der Waals surface area (Å²) in [4.78, 5) is 25.3. The van der Waals surface area contributed by atoms with Crippen LogP contribution in [-0.4, -0.2) is 21.3 Å². The summed E-state index contributed by atoms with van der Waals surface area (Å²) in [5.74, 6) is -2.31. The Balaban J connectivity index is 2.41. The molecule has 0 aliphatic rings. The van der Waals surface area contributed by atoms with Crippen molar-refractivity contribution in [2.75, 3.05) is 0 Å². The van der Waals surface area contributed by atoms with Gasteiger partial charge in [-0.25, -0.2) is 0 Å². The Kier molecular flexibility index (Phi) is 4.75. The van der Waals surface area contributed by atoms with E-state index in [0.717, 1.165) is 11.1 Å². The molecule has 0 fully saturated rings. The SMILES string of the molecule is CCn1nc(C)cc1C(=O)C(C#N)C(=O)c1ccc(C)cc1C. The van der Waals surface area contributed by atoms with Gasteiger partial charge in [0, 0.05) is 12.1 Å². The van der Waals surface area contributed by atoms with Crippen molar-refractivity contribution in [3.63, 3.8) is 0 Å². The Labute approximate surface area is 135 Å². The zero-order valence-electron chi connectivity index (χ0n) is 13.8. The number of aryl methyl sites for hydroxylation is 4. The Morgan fingerprint density at radius 2 is 1.91 bits per heavy atom. The van der Waals surface area contributed by atoms with E-state index in [0.29, 0.717) is 23.5 Å². The Morgan fingerprint density at radius 1 is 1.22 bits per heavy atom. The third-order valence-corrected chi connectivity index (χ3v) is 3.75. The number of benzene rings is 1. The van der Waals surface area contributed by atoms with E-state index in [4.69, 9.17) is 0 Å². The van der Waals surface area contributed by atoms with Gasteiger partial charge in [0.1, 0.15) is 5.69 Å². The molecule has 0 saturated heterocycles. The van der Waals surface area contributed by atoms with Crippen LogP contribution in [0.4, 0.5) is 0 Å². The van der Waals surface area contributed by atoms with Gasteiger partial charge in [-0.15, -0.1) is 0 Å². The normalized spacial score (nSPS) is 11.8. The lowest BCUT2D eigenvalue weighted by molar-refractivity contribution is 0.0839. The summed E-state index contributed by atoms with van der Waals surface area (Å²) in [6.07, 6.45) is 0. The molecule has 0 saturated carbocycles. The number of rotatable bonds is 5. The van der Waals surface area contributed by atoms with E-state index in [2.05, 4.69) is 5.10 Å². The molecule has 0 N–H and O–H groups in total. The topological polar surface area (TPSA) is 75.8 Å². The summed E-state index contributed by atoms with van der Waals surface area (Å²) in [5, 5.41) is 13.6. The van der Waals surface area contributed by atoms with Crippen LogP contribution in [0.2, 0.25) is 0 Å². The number of carbonyl (C=O) groups excluding carboxylic acids is 2. The minimum absolute atomic E-state index is 0.301. The van der Waals surface area contributed by atoms with Crippen LogP contribution in [0.25, 0.3) is 0 Å². The average Bonchev–Trinajstić information content (AvgIpc) is 2.88. The molecule has 5 nitrogen and oxygen atoms in total. The third-order valence-electron chi connectivity index (χ3n) is 3.75. The maximum atomic E-state index is 12.7. The second-order valence-corrected chi connectivity index (χ2v) is 5.60. The summed E-state index contributed by atoms with van der Waals surface area (Å²) >= 11 is 0. The van der Waals surface area contributed by atoms with Gasteiger partial charge in [0.25, 0.3) is 0 Å². The van der Waals surface area contributed by atoms with E-state index in [1.165, 1.54) is 4.68 Å².